The molecule has 1 N–H and O–H groups in total. The van der Waals surface area contributed by atoms with Crippen LogP contribution in [0.15, 0.2) is 12.3 Å². The van der Waals surface area contributed by atoms with Crippen LogP contribution in [0.1, 0.15) is 11.3 Å². The normalized spacial score (nSPS) is 11.7. The van der Waals surface area contributed by atoms with E-state index in [2.05, 4.69) is 4.98 Å². The second kappa shape index (κ2) is 3.24. The van der Waals surface area contributed by atoms with Gasteiger partial charge in [-0.25, -0.2) is 0 Å². The Kier molecular flexibility index (Phi) is 2.45. The maximum atomic E-state index is 11.8. The predicted octanol–water partition coefficient (Wildman–Crippen LogP) is 2.00. The summed E-state index contributed by atoms with van der Waals surface area (Å²) in [7, 11) is 0. The van der Waals surface area contributed by atoms with Gasteiger partial charge in [0, 0.05) is 11.9 Å². The Labute approximate surface area is 72.8 Å². The van der Waals surface area contributed by atoms with Gasteiger partial charge in [-0.15, -0.1) is 0 Å². The molecule has 0 spiro atoms. The summed E-state index contributed by atoms with van der Waals surface area (Å²) in [5.74, 6) is -1.73. The van der Waals surface area contributed by atoms with E-state index in [4.69, 9.17) is 0 Å². The summed E-state index contributed by atoms with van der Waals surface area (Å²) >= 11 is 0. The van der Waals surface area contributed by atoms with Crippen LogP contribution in [0.4, 0.5) is 13.2 Å². The van der Waals surface area contributed by atoms with E-state index in [1.165, 1.54) is 6.07 Å². The van der Waals surface area contributed by atoms with Crippen molar-refractivity contribution in [3.8, 4) is 0 Å². The van der Waals surface area contributed by atoms with Crippen molar-refractivity contribution in [3.05, 3.63) is 23.5 Å². The third-order valence-corrected chi connectivity index (χ3v) is 1.55. The molecule has 0 unspecified atom stereocenters. The Morgan fingerprint density at radius 3 is 2.54 bits per heavy atom. The minimum absolute atomic E-state index is 0.292. The standard InChI is InChI=1S/C8H8F3NO/c1-5-2-6(12-4-5)3-7(13)8(9,10)11/h2,4,12H,3H2,1H3. The topological polar surface area (TPSA) is 32.9 Å². The number of aromatic amines is 1. The first kappa shape index (κ1) is 9.83. The first-order chi connectivity index (χ1) is 5.89. The number of aromatic nitrogens is 1. The summed E-state index contributed by atoms with van der Waals surface area (Å²) in [6.07, 6.45) is -3.80. The number of hydrogen-bond acceptors (Lipinski definition) is 1. The van der Waals surface area contributed by atoms with Crippen LogP contribution in [-0.2, 0) is 11.2 Å². The van der Waals surface area contributed by atoms with Crippen LogP contribution in [0, 0.1) is 6.92 Å². The van der Waals surface area contributed by atoms with Gasteiger partial charge in [-0.1, -0.05) is 0 Å². The molecule has 0 aliphatic rings. The third-order valence-electron chi connectivity index (χ3n) is 1.55. The van der Waals surface area contributed by atoms with Gasteiger partial charge in [0.2, 0.25) is 5.78 Å². The number of nitrogens with one attached hydrogen (secondary N) is 1. The van der Waals surface area contributed by atoms with Crippen LogP contribution in [0.25, 0.3) is 0 Å². The molecule has 1 aromatic heterocycles. The molecule has 0 radical (unpaired) electrons. The number of aryl methyl sites for hydroxylation is 1. The Morgan fingerprint density at radius 1 is 1.54 bits per heavy atom. The molecule has 2 nitrogen and oxygen atoms in total. The highest BCUT2D eigenvalue weighted by atomic mass is 19.4. The molecule has 72 valence electrons. The highest BCUT2D eigenvalue weighted by molar-refractivity contribution is 5.85. The lowest BCUT2D eigenvalue weighted by Gasteiger charge is -2.02. The van der Waals surface area contributed by atoms with Crippen molar-refractivity contribution in [3.63, 3.8) is 0 Å². The average molecular weight is 191 g/mol. The number of Topliss-reactive ketones (excluding diaryl/α,β-unsaturated/α-hetero) is 1. The van der Waals surface area contributed by atoms with E-state index in [0.717, 1.165) is 5.56 Å². The van der Waals surface area contributed by atoms with Crippen LogP contribution in [0.5, 0.6) is 0 Å². The van der Waals surface area contributed by atoms with Crippen molar-refractivity contribution in [1.82, 2.24) is 4.98 Å². The van der Waals surface area contributed by atoms with Gasteiger partial charge in [0.1, 0.15) is 0 Å². The van der Waals surface area contributed by atoms with Crippen LogP contribution < -0.4 is 0 Å². The summed E-state index contributed by atoms with van der Waals surface area (Å²) in [4.78, 5) is 13.1. The van der Waals surface area contributed by atoms with E-state index in [-0.39, 0.29) is 0 Å². The molecule has 0 aromatic carbocycles. The average Bonchev–Trinajstić information content (AvgIpc) is 2.33. The van der Waals surface area contributed by atoms with Gasteiger partial charge in [-0.3, -0.25) is 4.79 Å². The van der Waals surface area contributed by atoms with Crippen molar-refractivity contribution in [2.75, 3.05) is 0 Å². The number of alkyl halides is 3. The number of rotatable bonds is 2. The lowest BCUT2D eigenvalue weighted by atomic mass is 10.2. The zero-order chi connectivity index (χ0) is 10.1. The largest absolute Gasteiger partial charge is 0.450 e. The number of carbonyl (C=O) groups excluding carboxylic acids is 1. The fourth-order valence-corrected chi connectivity index (χ4v) is 0.940. The predicted molar refractivity (Wildman–Crippen MR) is 40.3 cm³/mol. The summed E-state index contributed by atoms with van der Waals surface area (Å²) in [6.45, 7) is 1.73. The third kappa shape index (κ3) is 2.61. The van der Waals surface area contributed by atoms with Gasteiger partial charge < -0.3 is 4.98 Å². The zero-order valence-electron chi connectivity index (χ0n) is 6.90. The quantitative estimate of drug-likeness (QED) is 0.761. The summed E-state index contributed by atoms with van der Waals surface area (Å²) in [5, 5.41) is 0. The molecule has 0 bridgehead atoms. The lowest BCUT2D eigenvalue weighted by Crippen LogP contribution is -2.24. The van der Waals surface area contributed by atoms with Crippen LogP contribution in [0.2, 0.25) is 0 Å². The minimum Gasteiger partial charge on any atom is -0.364 e. The van der Waals surface area contributed by atoms with Crippen LogP contribution >= 0.6 is 0 Å². The SMILES string of the molecule is Cc1c[nH]c(CC(=O)C(F)(F)F)c1. The first-order valence-corrected chi connectivity index (χ1v) is 3.63. The molecule has 0 saturated heterocycles. The fourth-order valence-electron chi connectivity index (χ4n) is 0.940. The van der Waals surface area contributed by atoms with Gasteiger partial charge in [0.05, 0.1) is 6.42 Å². The smallest absolute Gasteiger partial charge is 0.364 e. The van der Waals surface area contributed by atoms with Crippen molar-refractivity contribution in [1.29, 1.82) is 0 Å². The van der Waals surface area contributed by atoms with Crippen LogP contribution in [0.3, 0.4) is 0 Å². The number of halogens is 3. The molecule has 13 heavy (non-hydrogen) atoms. The summed E-state index contributed by atoms with van der Waals surface area (Å²) < 4.78 is 35.3. The number of carbonyl (C=O) groups is 1. The Hall–Kier alpha value is -1.26. The highest BCUT2D eigenvalue weighted by Crippen LogP contribution is 2.18. The van der Waals surface area contributed by atoms with E-state index >= 15 is 0 Å². The fraction of sp³-hybridized carbons (Fsp3) is 0.375. The molecule has 0 amide bonds. The summed E-state index contributed by atoms with van der Waals surface area (Å²) in [6, 6.07) is 1.52. The number of H-pyrrole nitrogens is 1. The molecule has 1 aromatic rings. The monoisotopic (exact) mass is 191 g/mol. The molecule has 5 heteroatoms. The molecule has 1 rings (SSSR count). The molecule has 0 fully saturated rings. The summed E-state index contributed by atoms with van der Waals surface area (Å²) in [5.41, 5.74) is 1.10. The lowest BCUT2D eigenvalue weighted by molar-refractivity contribution is -0.170. The Balaban J connectivity index is 2.65. The van der Waals surface area contributed by atoms with E-state index in [9.17, 15) is 18.0 Å². The van der Waals surface area contributed by atoms with Gasteiger partial charge >= 0.3 is 6.18 Å². The van der Waals surface area contributed by atoms with Gasteiger partial charge in [0.15, 0.2) is 0 Å². The van der Waals surface area contributed by atoms with Gasteiger partial charge in [-0.2, -0.15) is 13.2 Å². The number of ketones is 1. The Bertz CT molecular complexity index is 313. The first-order valence-electron chi connectivity index (χ1n) is 3.63. The maximum absolute atomic E-state index is 11.8. The van der Waals surface area contributed by atoms with E-state index in [1.807, 2.05) is 0 Å². The minimum atomic E-state index is -4.74. The molecule has 0 saturated carbocycles. The second-order valence-corrected chi connectivity index (χ2v) is 2.80. The maximum Gasteiger partial charge on any atom is 0.450 e. The molecule has 0 aliphatic heterocycles. The highest BCUT2D eigenvalue weighted by Gasteiger charge is 2.37. The molecular weight excluding hydrogens is 183 g/mol. The number of hydrogen-bond donors (Lipinski definition) is 1. The van der Waals surface area contributed by atoms with E-state index in [0.29, 0.717) is 5.69 Å². The molecular formula is C8H8F3NO. The van der Waals surface area contributed by atoms with Crippen molar-refractivity contribution < 1.29 is 18.0 Å². The molecule has 1 heterocycles. The van der Waals surface area contributed by atoms with Gasteiger partial charge in [-0.05, 0) is 18.6 Å². The molecule has 0 aliphatic carbocycles. The second-order valence-electron chi connectivity index (χ2n) is 2.80. The zero-order valence-corrected chi connectivity index (χ0v) is 6.90. The Morgan fingerprint density at radius 2 is 2.15 bits per heavy atom. The molecule has 0 atom stereocenters. The van der Waals surface area contributed by atoms with Crippen LogP contribution in [-0.4, -0.2) is 16.9 Å². The van der Waals surface area contributed by atoms with E-state index in [1.54, 1.807) is 13.1 Å². The van der Waals surface area contributed by atoms with Crippen molar-refractivity contribution in [2.24, 2.45) is 0 Å². The van der Waals surface area contributed by atoms with Crippen molar-refractivity contribution in [2.45, 2.75) is 19.5 Å². The van der Waals surface area contributed by atoms with Gasteiger partial charge in [0.25, 0.3) is 0 Å². The van der Waals surface area contributed by atoms with E-state index < -0.39 is 18.4 Å². The van der Waals surface area contributed by atoms with Crippen molar-refractivity contribution >= 4 is 5.78 Å².